The number of aliphatic hydroxyl groups is 1. The lowest BCUT2D eigenvalue weighted by atomic mass is 9.93. The first-order chi connectivity index (χ1) is 13.0. The van der Waals surface area contributed by atoms with Crippen molar-refractivity contribution in [3.05, 3.63) is 86.5 Å². The van der Waals surface area contributed by atoms with Crippen LogP contribution in [0, 0.1) is 10.1 Å². The Kier molecular flexibility index (Phi) is 4.63. The monoisotopic (exact) mass is 426 g/mol. The van der Waals surface area contributed by atoms with E-state index in [9.17, 15) is 15.2 Å². The molecule has 3 aromatic rings. The first-order valence-corrected chi connectivity index (χ1v) is 9.15. The van der Waals surface area contributed by atoms with Crippen LogP contribution in [0.5, 0.6) is 5.75 Å². The lowest BCUT2D eigenvalue weighted by Crippen LogP contribution is -2.19. The fraction of sp³-hybridized carbons (Fsp3) is 0.150. The van der Waals surface area contributed by atoms with Crippen molar-refractivity contribution >= 4 is 21.6 Å². The molecule has 0 saturated heterocycles. The van der Waals surface area contributed by atoms with Crippen LogP contribution >= 0.6 is 15.9 Å². The van der Waals surface area contributed by atoms with Gasteiger partial charge in [-0.1, -0.05) is 28.1 Å². The average molecular weight is 427 g/mol. The maximum absolute atomic E-state index is 10.8. The number of hydrogen-bond donors (Lipinski definition) is 1. The minimum atomic E-state index is -0.671. The van der Waals surface area contributed by atoms with Gasteiger partial charge in [0, 0.05) is 28.1 Å². The lowest BCUT2D eigenvalue weighted by molar-refractivity contribution is -0.385. The molecule has 27 heavy (non-hydrogen) atoms. The maximum atomic E-state index is 10.8. The SMILES string of the molecule is O=[N+]([O-])c1ccc(-c2ccc3c(c2)C(O)CC(c2cccc(Br)c2)O3)nc1. The third-order valence-corrected chi connectivity index (χ3v) is 5.04. The van der Waals surface area contributed by atoms with E-state index < -0.39 is 11.0 Å². The van der Waals surface area contributed by atoms with Crippen LogP contribution in [0.25, 0.3) is 11.3 Å². The highest BCUT2D eigenvalue weighted by Gasteiger charge is 2.28. The van der Waals surface area contributed by atoms with E-state index >= 15 is 0 Å². The van der Waals surface area contributed by atoms with E-state index in [0.29, 0.717) is 23.4 Å². The van der Waals surface area contributed by atoms with Crippen LogP contribution in [0.1, 0.15) is 29.8 Å². The smallest absolute Gasteiger partial charge is 0.287 e. The van der Waals surface area contributed by atoms with Gasteiger partial charge >= 0.3 is 0 Å². The molecule has 7 heteroatoms. The van der Waals surface area contributed by atoms with Crippen LogP contribution in [-0.2, 0) is 0 Å². The van der Waals surface area contributed by atoms with Crippen LogP contribution in [0.2, 0.25) is 0 Å². The van der Waals surface area contributed by atoms with E-state index in [1.807, 2.05) is 36.4 Å². The second-order valence-corrected chi connectivity index (χ2v) is 7.24. The summed E-state index contributed by atoms with van der Waals surface area (Å²) in [4.78, 5) is 14.4. The highest BCUT2D eigenvalue weighted by atomic mass is 79.9. The quantitative estimate of drug-likeness (QED) is 0.471. The number of hydrogen-bond acceptors (Lipinski definition) is 5. The van der Waals surface area contributed by atoms with E-state index in [4.69, 9.17) is 4.74 Å². The first-order valence-electron chi connectivity index (χ1n) is 8.36. The van der Waals surface area contributed by atoms with E-state index in [0.717, 1.165) is 15.6 Å². The first kappa shape index (κ1) is 17.6. The molecule has 0 fully saturated rings. The standard InChI is InChI=1S/C20H15BrN2O4/c21-14-3-1-2-13(8-14)20-10-18(24)16-9-12(4-7-19(16)27-20)17-6-5-15(11-22-17)23(25)26/h1-9,11,18,20,24H,10H2. The Morgan fingerprint density at radius 1 is 1.19 bits per heavy atom. The number of benzene rings is 2. The van der Waals surface area contributed by atoms with Gasteiger partial charge in [0.2, 0.25) is 0 Å². The van der Waals surface area contributed by atoms with Gasteiger partial charge in [-0.3, -0.25) is 10.1 Å². The van der Waals surface area contributed by atoms with Gasteiger partial charge in [-0.15, -0.1) is 0 Å². The molecule has 0 radical (unpaired) electrons. The Morgan fingerprint density at radius 3 is 2.74 bits per heavy atom. The van der Waals surface area contributed by atoms with Gasteiger partial charge in [-0.25, -0.2) is 4.98 Å². The number of nitro groups is 1. The number of nitrogens with zero attached hydrogens (tertiary/aromatic N) is 2. The molecule has 2 unspecified atom stereocenters. The van der Waals surface area contributed by atoms with Gasteiger partial charge in [0.05, 0.1) is 16.7 Å². The predicted octanol–water partition coefficient (Wildman–Crippen LogP) is 4.98. The van der Waals surface area contributed by atoms with Gasteiger partial charge < -0.3 is 9.84 Å². The molecule has 0 aliphatic carbocycles. The van der Waals surface area contributed by atoms with Crippen molar-refractivity contribution in [2.24, 2.45) is 0 Å². The van der Waals surface area contributed by atoms with E-state index in [-0.39, 0.29) is 11.8 Å². The molecule has 1 aliphatic rings. The van der Waals surface area contributed by atoms with Crippen molar-refractivity contribution in [3.8, 4) is 17.0 Å². The molecule has 2 aromatic carbocycles. The molecule has 2 heterocycles. The number of aliphatic hydroxyl groups excluding tert-OH is 1. The number of rotatable bonds is 3. The van der Waals surface area contributed by atoms with Crippen molar-refractivity contribution in [1.82, 2.24) is 4.98 Å². The van der Waals surface area contributed by atoms with Crippen LogP contribution in [0.3, 0.4) is 0 Å². The maximum Gasteiger partial charge on any atom is 0.287 e. The predicted molar refractivity (Wildman–Crippen MR) is 103 cm³/mol. The fourth-order valence-corrected chi connectivity index (χ4v) is 3.60. The Labute approximate surface area is 163 Å². The number of aromatic nitrogens is 1. The van der Waals surface area contributed by atoms with E-state index in [2.05, 4.69) is 20.9 Å². The number of pyridine rings is 1. The molecule has 4 rings (SSSR count). The Balaban J connectivity index is 1.63. The molecule has 0 amide bonds. The molecular weight excluding hydrogens is 412 g/mol. The van der Waals surface area contributed by atoms with Gasteiger partial charge in [0.25, 0.3) is 5.69 Å². The Morgan fingerprint density at radius 2 is 2.04 bits per heavy atom. The summed E-state index contributed by atoms with van der Waals surface area (Å²) in [5.74, 6) is 0.629. The van der Waals surface area contributed by atoms with Crippen LogP contribution in [-0.4, -0.2) is 15.0 Å². The summed E-state index contributed by atoms with van der Waals surface area (Å²) in [7, 11) is 0. The summed E-state index contributed by atoms with van der Waals surface area (Å²) < 4.78 is 7.06. The molecule has 6 nitrogen and oxygen atoms in total. The van der Waals surface area contributed by atoms with Crippen LogP contribution in [0.4, 0.5) is 5.69 Å². The second kappa shape index (κ2) is 7.09. The highest BCUT2D eigenvalue weighted by molar-refractivity contribution is 9.10. The van der Waals surface area contributed by atoms with E-state index in [1.165, 1.54) is 12.3 Å². The van der Waals surface area contributed by atoms with E-state index in [1.54, 1.807) is 12.1 Å². The third-order valence-electron chi connectivity index (χ3n) is 4.55. The fourth-order valence-electron chi connectivity index (χ4n) is 3.18. The molecule has 1 aromatic heterocycles. The summed E-state index contributed by atoms with van der Waals surface area (Å²) in [6.07, 6.45) is 0.773. The molecule has 1 aliphatic heterocycles. The average Bonchev–Trinajstić information content (AvgIpc) is 2.68. The van der Waals surface area contributed by atoms with Crippen molar-refractivity contribution < 1.29 is 14.8 Å². The van der Waals surface area contributed by atoms with Crippen LogP contribution < -0.4 is 4.74 Å². The summed E-state index contributed by atoms with van der Waals surface area (Å²) >= 11 is 3.46. The van der Waals surface area contributed by atoms with Crippen molar-refractivity contribution in [2.45, 2.75) is 18.6 Å². The van der Waals surface area contributed by atoms with Gasteiger partial charge in [-0.2, -0.15) is 0 Å². The van der Waals surface area contributed by atoms with Gasteiger partial charge in [0.1, 0.15) is 18.1 Å². The minimum absolute atomic E-state index is 0.0584. The third kappa shape index (κ3) is 3.56. The molecule has 0 bridgehead atoms. The number of ether oxygens (including phenoxy) is 1. The molecule has 0 spiro atoms. The summed E-state index contributed by atoms with van der Waals surface area (Å²) in [6.45, 7) is 0. The number of fused-ring (bicyclic) bond motifs is 1. The zero-order valence-corrected chi connectivity index (χ0v) is 15.7. The molecule has 136 valence electrons. The van der Waals surface area contributed by atoms with Crippen molar-refractivity contribution in [2.75, 3.05) is 0 Å². The summed E-state index contributed by atoms with van der Waals surface area (Å²) in [5, 5.41) is 21.4. The van der Waals surface area contributed by atoms with Crippen molar-refractivity contribution in [1.29, 1.82) is 0 Å². The molecule has 1 N–H and O–H groups in total. The topological polar surface area (TPSA) is 85.5 Å². The molecular formula is C20H15BrN2O4. The zero-order valence-electron chi connectivity index (χ0n) is 14.1. The summed E-state index contributed by atoms with van der Waals surface area (Å²) in [6, 6.07) is 16.3. The number of halogens is 1. The molecule has 0 saturated carbocycles. The second-order valence-electron chi connectivity index (χ2n) is 6.32. The van der Waals surface area contributed by atoms with Gasteiger partial charge in [-0.05, 0) is 42.0 Å². The largest absolute Gasteiger partial charge is 0.485 e. The lowest BCUT2D eigenvalue weighted by Gasteiger charge is -2.30. The van der Waals surface area contributed by atoms with Crippen molar-refractivity contribution in [3.63, 3.8) is 0 Å². The highest BCUT2D eigenvalue weighted by Crippen LogP contribution is 2.42. The minimum Gasteiger partial charge on any atom is -0.485 e. The Bertz CT molecular complexity index is 1010. The molecule has 2 atom stereocenters. The summed E-state index contributed by atoms with van der Waals surface area (Å²) in [5.41, 5.74) is 3.00. The normalized spacial score (nSPS) is 18.4. The van der Waals surface area contributed by atoms with Gasteiger partial charge in [0.15, 0.2) is 0 Å². The van der Waals surface area contributed by atoms with Crippen LogP contribution in [0.15, 0.2) is 65.3 Å². The Hall–Kier alpha value is -2.77. The zero-order chi connectivity index (χ0) is 19.0.